The second-order valence-corrected chi connectivity index (χ2v) is 7.53. The minimum absolute atomic E-state index is 0.0775. The minimum Gasteiger partial charge on any atom is -0.345 e. The predicted octanol–water partition coefficient (Wildman–Crippen LogP) is 3.72. The van der Waals surface area contributed by atoms with E-state index >= 15 is 0 Å². The van der Waals surface area contributed by atoms with Crippen molar-refractivity contribution in [1.29, 1.82) is 0 Å². The molecule has 1 unspecified atom stereocenters. The summed E-state index contributed by atoms with van der Waals surface area (Å²) in [7, 11) is 0. The van der Waals surface area contributed by atoms with Crippen LogP contribution in [0.15, 0.2) is 30.3 Å². The van der Waals surface area contributed by atoms with Gasteiger partial charge in [0.25, 0.3) is 5.91 Å². The average molecular weight is 332 g/mol. The van der Waals surface area contributed by atoms with Crippen LogP contribution in [0.25, 0.3) is 10.4 Å². The second-order valence-electron chi connectivity index (χ2n) is 6.48. The Labute approximate surface area is 139 Å². The first-order chi connectivity index (χ1) is 10.9. The lowest BCUT2D eigenvalue weighted by atomic mass is 9.96. The van der Waals surface area contributed by atoms with Crippen LogP contribution in [0.1, 0.15) is 35.0 Å². The maximum atomic E-state index is 13.1. The molecule has 3 N–H and O–H groups in total. The molecule has 0 radical (unpaired) electrons. The summed E-state index contributed by atoms with van der Waals surface area (Å²) in [6.45, 7) is 4.43. The fourth-order valence-corrected chi connectivity index (χ4v) is 3.92. The van der Waals surface area contributed by atoms with Crippen molar-refractivity contribution in [3.05, 3.63) is 46.6 Å². The standard InChI is InChI=1S/C18H21FN2OS/c1-11-9-15(17(22)21-18(2,10-20)13-5-6-13)23-16(11)12-3-7-14(19)8-4-12/h3-4,7-9,13H,5-6,10,20H2,1-2H3,(H,21,22). The number of carbonyl (C=O) groups is 1. The summed E-state index contributed by atoms with van der Waals surface area (Å²) in [5.74, 6) is 0.143. The number of nitrogens with two attached hydrogens (primary N) is 1. The number of benzene rings is 1. The van der Waals surface area contributed by atoms with Gasteiger partial charge in [0.1, 0.15) is 5.82 Å². The Balaban J connectivity index is 1.82. The van der Waals surface area contributed by atoms with Crippen molar-refractivity contribution >= 4 is 17.2 Å². The van der Waals surface area contributed by atoms with Crippen LogP contribution in [0.2, 0.25) is 0 Å². The third-order valence-electron chi connectivity index (χ3n) is 4.55. The lowest BCUT2D eigenvalue weighted by Gasteiger charge is -2.29. The zero-order valence-electron chi connectivity index (χ0n) is 13.4. The van der Waals surface area contributed by atoms with E-state index in [1.807, 2.05) is 19.9 Å². The van der Waals surface area contributed by atoms with Gasteiger partial charge in [-0.25, -0.2) is 4.39 Å². The van der Waals surface area contributed by atoms with Gasteiger partial charge in [-0.15, -0.1) is 11.3 Å². The number of halogens is 1. The predicted molar refractivity (Wildman–Crippen MR) is 92.1 cm³/mol. The van der Waals surface area contributed by atoms with Crippen molar-refractivity contribution in [1.82, 2.24) is 5.32 Å². The van der Waals surface area contributed by atoms with Crippen LogP contribution < -0.4 is 11.1 Å². The van der Waals surface area contributed by atoms with Crippen molar-refractivity contribution in [3.63, 3.8) is 0 Å². The molecule has 1 atom stereocenters. The summed E-state index contributed by atoms with van der Waals surface area (Å²) >= 11 is 1.43. The fraction of sp³-hybridized carbons (Fsp3) is 0.389. The third kappa shape index (κ3) is 3.31. The van der Waals surface area contributed by atoms with Crippen LogP contribution >= 0.6 is 11.3 Å². The average Bonchev–Trinajstić information content (AvgIpc) is 3.32. The van der Waals surface area contributed by atoms with E-state index in [1.54, 1.807) is 12.1 Å². The topological polar surface area (TPSA) is 55.1 Å². The van der Waals surface area contributed by atoms with Crippen LogP contribution in [0.5, 0.6) is 0 Å². The van der Waals surface area contributed by atoms with Crippen molar-refractivity contribution in [2.24, 2.45) is 11.7 Å². The van der Waals surface area contributed by atoms with E-state index in [0.717, 1.165) is 28.8 Å². The Morgan fingerprint density at radius 2 is 2.04 bits per heavy atom. The summed E-state index contributed by atoms with van der Waals surface area (Å²) in [6, 6.07) is 8.25. The molecule has 1 aromatic carbocycles. The highest BCUT2D eigenvalue weighted by atomic mass is 32.1. The van der Waals surface area contributed by atoms with Crippen LogP contribution in [-0.4, -0.2) is 18.0 Å². The molecular formula is C18H21FN2OS. The highest BCUT2D eigenvalue weighted by molar-refractivity contribution is 7.17. The van der Waals surface area contributed by atoms with Crippen LogP contribution in [-0.2, 0) is 0 Å². The zero-order valence-corrected chi connectivity index (χ0v) is 14.2. The molecule has 3 rings (SSSR count). The Morgan fingerprint density at radius 3 is 2.61 bits per heavy atom. The summed E-state index contributed by atoms with van der Waals surface area (Å²) in [5.41, 5.74) is 7.49. The highest BCUT2D eigenvalue weighted by Gasteiger charge is 2.41. The monoisotopic (exact) mass is 332 g/mol. The summed E-state index contributed by atoms with van der Waals surface area (Å²) < 4.78 is 13.1. The number of amides is 1. The summed E-state index contributed by atoms with van der Waals surface area (Å²) in [5, 5.41) is 3.11. The van der Waals surface area contributed by atoms with Gasteiger partial charge in [0.05, 0.1) is 10.4 Å². The van der Waals surface area contributed by atoms with E-state index in [1.165, 1.54) is 23.5 Å². The number of thiophene rings is 1. The lowest BCUT2D eigenvalue weighted by Crippen LogP contribution is -2.53. The molecule has 5 heteroatoms. The quantitative estimate of drug-likeness (QED) is 0.877. The Kier molecular flexibility index (Phi) is 4.25. The Bertz CT molecular complexity index is 721. The van der Waals surface area contributed by atoms with E-state index < -0.39 is 0 Å². The molecule has 1 aliphatic rings. The third-order valence-corrected chi connectivity index (χ3v) is 5.83. The van der Waals surface area contributed by atoms with Gasteiger partial charge in [-0.3, -0.25) is 4.79 Å². The van der Waals surface area contributed by atoms with Gasteiger partial charge in [-0.2, -0.15) is 0 Å². The molecule has 1 amide bonds. The SMILES string of the molecule is Cc1cc(C(=O)NC(C)(CN)C2CC2)sc1-c1ccc(F)cc1. The van der Waals surface area contributed by atoms with Crippen LogP contribution in [0.3, 0.4) is 0 Å². The van der Waals surface area contributed by atoms with Crippen molar-refractivity contribution in [3.8, 4) is 10.4 Å². The highest BCUT2D eigenvalue weighted by Crippen LogP contribution is 2.39. The van der Waals surface area contributed by atoms with Crippen LogP contribution in [0.4, 0.5) is 4.39 Å². The molecule has 1 fully saturated rings. The molecule has 1 aromatic heterocycles. The number of carbonyl (C=O) groups excluding carboxylic acids is 1. The number of nitrogens with one attached hydrogen (secondary N) is 1. The van der Waals surface area contributed by atoms with Gasteiger partial charge in [0.15, 0.2) is 0 Å². The molecule has 0 bridgehead atoms. The largest absolute Gasteiger partial charge is 0.345 e. The van der Waals surface area contributed by atoms with E-state index in [4.69, 9.17) is 5.73 Å². The van der Waals surface area contributed by atoms with Gasteiger partial charge in [0.2, 0.25) is 0 Å². The molecule has 3 nitrogen and oxygen atoms in total. The van der Waals surface area contributed by atoms with Gasteiger partial charge in [0, 0.05) is 11.4 Å². The van der Waals surface area contributed by atoms with Gasteiger partial charge in [-0.05, 0) is 61.9 Å². The molecule has 122 valence electrons. The molecule has 2 aromatic rings. The Morgan fingerprint density at radius 1 is 1.39 bits per heavy atom. The molecule has 1 aliphatic carbocycles. The fourth-order valence-electron chi connectivity index (χ4n) is 2.84. The van der Waals surface area contributed by atoms with Crippen LogP contribution in [0, 0.1) is 18.7 Å². The van der Waals surface area contributed by atoms with Crippen molar-refractivity contribution in [2.75, 3.05) is 6.54 Å². The van der Waals surface area contributed by atoms with Gasteiger partial charge < -0.3 is 11.1 Å². The second kappa shape index (κ2) is 6.06. The first-order valence-corrected chi connectivity index (χ1v) is 8.63. The van der Waals surface area contributed by atoms with Crippen molar-refractivity contribution in [2.45, 2.75) is 32.2 Å². The summed E-state index contributed by atoms with van der Waals surface area (Å²) in [6.07, 6.45) is 2.25. The molecule has 0 spiro atoms. The first-order valence-electron chi connectivity index (χ1n) is 7.82. The number of hydrogen-bond donors (Lipinski definition) is 2. The minimum atomic E-state index is -0.328. The van der Waals surface area contributed by atoms with E-state index in [-0.39, 0.29) is 17.3 Å². The van der Waals surface area contributed by atoms with Gasteiger partial charge in [-0.1, -0.05) is 12.1 Å². The zero-order chi connectivity index (χ0) is 16.6. The maximum absolute atomic E-state index is 13.1. The normalized spacial score (nSPS) is 16.9. The van der Waals surface area contributed by atoms with E-state index in [2.05, 4.69) is 5.32 Å². The number of rotatable bonds is 5. The molecular weight excluding hydrogens is 311 g/mol. The van der Waals surface area contributed by atoms with E-state index in [9.17, 15) is 9.18 Å². The Hall–Kier alpha value is -1.72. The van der Waals surface area contributed by atoms with E-state index in [0.29, 0.717) is 17.3 Å². The number of hydrogen-bond acceptors (Lipinski definition) is 3. The van der Waals surface area contributed by atoms with Crippen molar-refractivity contribution < 1.29 is 9.18 Å². The molecule has 0 saturated heterocycles. The lowest BCUT2D eigenvalue weighted by molar-refractivity contribution is 0.0902. The molecule has 1 saturated carbocycles. The molecule has 1 heterocycles. The van der Waals surface area contributed by atoms with Gasteiger partial charge >= 0.3 is 0 Å². The molecule has 23 heavy (non-hydrogen) atoms. The smallest absolute Gasteiger partial charge is 0.261 e. The summed E-state index contributed by atoms with van der Waals surface area (Å²) in [4.78, 5) is 14.3. The maximum Gasteiger partial charge on any atom is 0.261 e. The molecule has 0 aliphatic heterocycles. The number of aryl methyl sites for hydroxylation is 1. The first kappa shape index (κ1) is 16.1.